The summed E-state index contributed by atoms with van der Waals surface area (Å²) in [5, 5.41) is 7.79. The van der Waals surface area contributed by atoms with Crippen LogP contribution in [0, 0.1) is 0 Å². The lowest BCUT2D eigenvalue weighted by Gasteiger charge is -2.43. The Morgan fingerprint density at radius 3 is 2.49 bits per heavy atom. The maximum atomic E-state index is 13.9. The fraction of sp³-hybridized carbons (Fsp3) is 0.258. The van der Waals surface area contributed by atoms with Crippen molar-refractivity contribution in [3.63, 3.8) is 0 Å². The third-order valence-electron chi connectivity index (χ3n) is 7.27. The fourth-order valence-electron chi connectivity index (χ4n) is 4.99. The van der Waals surface area contributed by atoms with E-state index in [1.165, 1.54) is 4.90 Å². The van der Waals surface area contributed by atoms with Gasteiger partial charge in [0.1, 0.15) is 17.0 Å². The van der Waals surface area contributed by atoms with Crippen molar-refractivity contribution in [3.05, 3.63) is 102 Å². The molecule has 0 aliphatic carbocycles. The number of benzene rings is 3. The van der Waals surface area contributed by atoms with E-state index in [4.69, 9.17) is 9.84 Å². The van der Waals surface area contributed by atoms with Crippen LogP contribution in [0.15, 0.2) is 89.8 Å². The monoisotopic (exact) mass is 540 g/mol. The zero-order valence-corrected chi connectivity index (χ0v) is 23.2. The van der Waals surface area contributed by atoms with Crippen LogP contribution in [0.4, 0.5) is 0 Å². The lowest BCUT2D eigenvalue weighted by atomic mass is 9.94. The maximum absolute atomic E-state index is 13.9. The van der Waals surface area contributed by atoms with Crippen LogP contribution in [0.1, 0.15) is 28.5 Å². The smallest absolute Gasteiger partial charge is 0.273 e. The molecule has 8 heteroatoms. The quantitative estimate of drug-likeness (QED) is 0.301. The van der Waals surface area contributed by atoms with Crippen LogP contribution in [0.25, 0.3) is 11.3 Å². The molecule has 0 radical (unpaired) electrons. The summed E-state index contributed by atoms with van der Waals surface area (Å²) >= 11 is 1.69. The SMILES string of the molecule is COc1ccccc1CNC(=O)[C@]1(C)Cn2nc(-c3ccccc3)cc2C(=O)N1CCc1ccc(SC)cc1. The van der Waals surface area contributed by atoms with E-state index in [1.54, 1.807) is 28.5 Å². The lowest BCUT2D eigenvalue weighted by Crippen LogP contribution is -2.64. The van der Waals surface area contributed by atoms with Gasteiger partial charge in [0.15, 0.2) is 0 Å². The predicted octanol–water partition coefficient (Wildman–Crippen LogP) is 5.05. The second-order valence-electron chi connectivity index (χ2n) is 9.76. The Labute approximate surface area is 233 Å². The molecule has 2 heterocycles. The number of rotatable bonds is 9. The number of hydrogen-bond donors (Lipinski definition) is 1. The number of ether oxygens (including phenoxy) is 1. The number of carbonyl (C=O) groups is 2. The number of thioether (sulfide) groups is 1. The van der Waals surface area contributed by atoms with Gasteiger partial charge in [-0.25, -0.2) is 0 Å². The van der Waals surface area contributed by atoms with E-state index >= 15 is 0 Å². The summed E-state index contributed by atoms with van der Waals surface area (Å²) in [6, 6.07) is 27.5. The van der Waals surface area contributed by atoms with Crippen LogP contribution in [0.2, 0.25) is 0 Å². The number of fused-ring (bicyclic) bond motifs is 1. The number of aromatic nitrogens is 2. The van der Waals surface area contributed by atoms with Gasteiger partial charge in [0.05, 0.1) is 19.3 Å². The van der Waals surface area contributed by atoms with Gasteiger partial charge in [0.25, 0.3) is 5.91 Å². The van der Waals surface area contributed by atoms with E-state index in [-0.39, 0.29) is 24.9 Å². The molecule has 0 saturated carbocycles. The summed E-state index contributed by atoms with van der Waals surface area (Å²) in [5.41, 5.74) is 2.97. The molecule has 1 aliphatic rings. The van der Waals surface area contributed by atoms with Crippen LogP contribution in [-0.2, 0) is 24.3 Å². The minimum atomic E-state index is -1.13. The van der Waals surface area contributed by atoms with Gasteiger partial charge in [-0.1, -0.05) is 60.7 Å². The van der Waals surface area contributed by atoms with Crippen LogP contribution in [-0.4, -0.2) is 51.9 Å². The molecule has 0 spiro atoms. The largest absolute Gasteiger partial charge is 0.496 e. The van der Waals surface area contributed by atoms with E-state index in [0.717, 1.165) is 16.7 Å². The average Bonchev–Trinajstić information content (AvgIpc) is 3.40. The Kier molecular flexibility index (Phi) is 7.74. The summed E-state index contributed by atoms with van der Waals surface area (Å²) in [6.45, 7) is 2.77. The molecule has 200 valence electrons. The highest BCUT2D eigenvalue weighted by Gasteiger charge is 2.47. The zero-order valence-electron chi connectivity index (χ0n) is 22.4. The summed E-state index contributed by atoms with van der Waals surface area (Å²) in [4.78, 5) is 30.7. The highest BCUT2D eigenvalue weighted by Crippen LogP contribution is 2.31. The van der Waals surface area contributed by atoms with Gasteiger partial charge in [-0.05, 0) is 49.4 Å². The highest BCUT2D eigenvalue weighted by atomic mass is 32.2. The van der Waals surface area contributed by atoms with Gasteiger partial charge in [-0.2, -0.15) is 5.10 Å². The third kappa shape index (κ3) is 5.43. The Hall–Kier alpha value is -4.04. The van der Waals surface area contributed by atoms with E-state index in [9.17, 15) is 9.59 Å². The number of para-hydroxylation sites is 1. The molecule has 5 rings (SSSR count). The summed E-state index contributed by atoms with van der Waals surface area (Å²) in [7, 11) is 1.61. The molecule has 1 aliphatic heterocycles. The van der Waals surface area contributed by atoms with Crippen LogP contribution < -0.4 is 10.1 Å². The van der Waals surface area contributed by atoms with E-state index in [0.29, 0.717) is 30.1 Å². The first-order chi connectivity index (χ1) is 18.9. The molecule has 39 heavy (non-hydrogen) atoms. The van der Waals surface area contributed by atoms with Crippen molar-refractivity contribution in [2.45, 2.75) is 36.9 Å². The van der Waals surface area contributed by atoms with E-state index in [2.05, 4.69) is 29.6 Å². The predicted molar refractivity (Wildman–Crippen MR) is 154 cm³/mol. The highest BCUT2D eigenvalue weighted by molar-refractivity contribution is 7.98. The molecule has 2 amide bonds. The average molecular weight is 541 g/mol. The molecule has 3 aromatic carbocycles. The van der Waals surface area contributed by atoms with Crippen LogP contribution in [0.5, 0.6) is 5.75 Å². The van der Waals surface area contributed by atoms with Crippen molar-refractivity contribution in [1.82, 2.24) is 20.0 Å². The molecular formula is C31H32N4O3S. The topological polar surface area (TPSA) is 76.5 Å². The van der Waals surface area contributed by atoms with Crippen molar-refractivity contribution in [2.75, 3.05) is 19.9 Å². The normalized spacial score (nSPS) is 16.6. The third-order valence-corrected chi connectivity index (χ3v) is 8.01. The second-order valence-corrected chi connectivity index (χ2v) is 10.6. The molecule has 1 N–H and O–H groups in total. The van der Waals surface area contributed by atoms with Gasteiger partial charge in [0, 0.05) is 29.1 Å². The molecule has 0 bridgehead atoms. The molecule has 0 saturated heterocycles. The van der Waals surface area contributed by atoms with Crippen LogP contribution >= 0.6 is 11.8 Å². The first kappa shape index (κ1) is 26.6. The van der Waals surface area contributed by atoms with Gasteiger partial charge in [0.2, 0.25) is 5.91 Å². The number of nitrogens with one attached hydrogen (secondary N) is 1. The van der Waals surface area contributed by atoms with Crippen molar-refractivity contribution >= 4 is 23.6 Å². The first-order valence-electron chi connectivity index (χ1n) is 12.9. The van der Waals surface area contributed by atoms with Gasteiger partial charge >= 0.3 is 0 Å². The first-order valence-corrected chi connectivity index (χ1v) is 14.1. The molecule has 1 atom stereocenters. The summed E-state index contributed by atoms with van der Waals surface area (Å²) in [5.74, 6) is 0.267. The van der Waals surface area contributed by atoms with Crippen LogP contribution in [0.3, 0.4) is 0 Å². The Bertz CT molecular complexity index is 1470. The minimum Gasteiger partial charge on any atom is -0.496 e. The van der Waals surface area contributed by atoms with Gasteiger partial charge in [-0.15, -0.1) is 11.8 Å². The van der Waals surface area contributed by atoms with Crippen molar-refractivity contribution in [2.24, 2.45) is 0 Å². The molecule has 0 fully saturated rings. The van der Waals surface area contributed by atoms with Crippen molar-refractivity contribution in [3.8, 4) is 17.0 Å². The minimum absolute atomic E-state index is 0.202. The number of methoxy groups -OCH3 is 1. The summed E-state index contributed by atoms with van der Waals surface area (Å²) < 4.78 is 7.13. The van der Waals surface area contributed by atoms with Gasteiger partial charge in [-0.3, -0.25) is 14.3 Å². The molecule has 4 aromatic rings. The van der Waals surface area contributed by atoms with E-state index in [1.807, 2.05) is 73.8 Å². The lowest BCUT2D eigenvalue weighted by molar-refractivity contribution is -0.133. The number of hydrogen-bond acceptors (Lipinski definition) is 5. The molecular weight excluding hydrogens is 508 g/mol. The number of nitrogens with zero attached hydrogens (tertiary/aromatic N) is 3. The molecule has 7 nitrogen and oxygen atoms in total. The standard InChI is InChI=1S/C31H32N4O3S/c1-31(30(37)32-20-24-11-7-8-12-28(24)38-2)21-35-27(19-26(33-35)23-9-5-4-6-10-23)29(36)34(31)18-17-22-13-15-25(39-3)16-14-22/h4-16,19H,17-18,20-21H2,1-3H3,(H,32,37)/t31-/m0/s1. The number of amides is 2. The Balaban J connectivity index is 1.44. The molecule has 1 aromatic heterocycles. The maximum Gasteiger partial charge on any atom is 0.273 e. The van der Waals surface area contributed by atoms with Crippen molar-refractivity contribution < 1.29 is 14.3 Å². The van der Waals surface area contributed by atoms with E-state index < -0.39 is 5.54 Å². The van der Waals surface area contributed by atoms with Crippen molar-refractivity contribution in [1.29, 1.82) is 0 Å². The molecule has 0 unspecified atom stereocenters. The Morgan fingerprint density at radius 2 is 1.77 bits per heavy atom. The van der Waals surface area contributed by atoms with Gasteiger partial charge < -0.3 is 15.0 Å². The number of carbonyl (C=O) groups excluding carboxylic acids is 2. The zero-order chi connectivity index (χ0) is 27.4. The second kappa shape index (κ2) is 11.4. The fourth-order valence-corrected chi connectivity index (χ4v) is 5.40. The Morgan fingerprint density at radius 1 is 1.05 bits per heavy atom. The summed E-state index contributed by atoms with van der Waals surface area (Å²) in [6.07, 6.45) is 2.68.